The molecule has 0 saturated carbocycles. The predicted octanol–water partition coefficient (Wildman–Crippen LogP) is 2.67. The van der Waals surface area contributed by atoms with Crippen LogP contribution in [0.1, 0.15) is 86.1 Å². The van der Waals surface area contributed by atoms with Crippen LogP contribution < -0.4 is 48.7 Å². The molecule has 3 aliphatic heterocycles. The van der Waals surface area contributed by atoms with Gasteiger partial charge >= 0.3 is 0 Å². The molecule has 2 bridgehead atoms. The first kappa shape index (κ1) is 70.2. The van der Waals surface area contributed by atoms with Crippen LogP contribution in [-0.4, -0.2) is 165 Å². The van der Waals surface area contributed by atoms with Gasteiger partial charge in [0.2, 0.25) is 59.1 Å². The molecule has 2 saturated heterocycles. The van der Waals surface area contributed by atoms with Gasteiger partial charge in [-0.2, -0.15) is 23.5 Å². The average molecular weight is 1330 g/mol. The number of carbonyl (C=O) groups excluding carboxylic acids is 10. The normalized spacial score (nSPS) is 23.5. The van der Waals surface area contributed by atoms with E-state index in [4.69, 9.17) is 11.5 Å². The van der Waals surface area contributed by atoms with E-state index in [-0.39, 0.29) is 75.1 Å². The average Bonchev–Trinajstić information content (AvgIpc) is 1.79. The van der Waals surface area contributed by atoms with Crippen molar-refractivity contribution in [2.24, 2.45) is 11.5 Å². The fourth-order valence-electron chi connectivity index (χ4n) is 11.4. The van der Waals surface area contributed by atoms with Crippen LogP contribution in [0.15, 0.2) is 85.1 Å². The second-order valence-electron chi connectivity index (χ2n) is 23.2. The van der Waals surface area contributed by atoms with Gasteiger partial charge in [0.15, 0.2) is 17.5 Å². The summed E-state index contributed by atoms with van der Waals surface area (Å²) in [5.74, 6) is -12.4. The van der Waals surface area contributed by atoms with Gasteiger partial charge in [0.25, 0.3) is 0 Å². The summed E-state index contributed by atoms with van der Waals surface area (Å²) in [5.41, 5.74) is 14.3. The number of unbranched alkanes of at least 4 members (excludes halogenated alkanes) is 1. The van der Waals surface area contributed by atoms with Crippen molar-refractivity contribution in [1.82, 2.24) is 52.0 Å². The van der Waals surface area contributed by atoms with Crippen molar-refractivity contribution in [2.75, 3.05) is 37.7 Å². The summed E-state index contributed by atoms with van der Waals surface area (Å²) in [4.78, 5) is 147. The second kappa shape index (κ2) is 33.2. The molecule has 29 heteroatoms. The minimum atomic E-state index is -1.81. The number of halogens is 4. The quantitative estimate of drug-likeness (QED) is 0.0515. The van der Waals surface area contributed by atoms with Gasteiger partial charge in [-0.05, 0) is 129 Å². The molecule has 2 fully saturated rings. The maximum atomic E-state index is 15.0. The highest BCUT2D eigenvalue weighted by atomic mass is 32.2. The zero-order valence-corrected chi connectivity index (χ0v) is 52.7. The highest BCUT2D eigenvalue weighted by Gasteiger charge is 2.42. The summed E-state index contributed by atoms with van der Waals surface area (Å²) in [7, 11) is 0. The Balaban J connectivity index is 1.09. The molecular weight excluding hydrogens is 1250 g/mol. The number of nitrogens with zero attached hydrogens (tertiary/aromatic N) is 2. The molecule has 0 radical (unpaired) electrons. The number of rotatable bonds is 11. The van der Waals surface area contributed by atoms with Crippen molar-refractivity contribution >= 4 is 93.5 Å². The third kappa shape index (κ3) is 19.4. The number of carbonyl (C=O) groups is 10. The van der Waals surface area contributed by atoms with E-state index in [1.54, 1.807) is 0 Å². The molecule has 93 heavy (non-hydrogen) atoms. The van der Waals surface area contributed by atoms with Crippen LogP contribution >= 0.6 is 23.5 Å². The monoisotopic (exact) mass is 1330 g/mol. The van der Waals surface area contributed by atoms with Gasteiger partial charge in [0, 0.05) is 78.9 Å². The van der Waals surface area contributed by atoms with E-state index in [0.717, 1.165) is 16.0 Å². The molecule has 0 unspecified atom stereocenters. The summed E-state index contributed by atoms with van der Waals surface area (Å²) in [5, 5.41) is 28.8. The van der Waals surface area contributed by atoms with Crippen molar-refractivity contribution < 1.29 is 70.6 Å². The van der Waals surface area contributed by atoms with Gasteiger partial charge < -0.3 is 68.6 Å². The van der Waals surface area contributed by atoms with Crippen molar-refractivity contribution in [2.45, 2.75) is 137 Å². The molecule has 23 nitrogen and oxygen atoms in total. The van der Waals surface area contributed by atoms with Crippen molar-refractivity contribution in [3.05, 3.63) is 136 Å². The van der Waals surface area contributed by atoms with Crippen LogP contribution in [0.4, 0.5) is 17.6 Å². The van der Waals surface area contributed by atoms with E-state index in [9.17, 15) is 70.6 Å². The minimum absolute atomic E-state index is 0.00801. The van der Waals surface area contributed by atoms with Gasteiger partial charge in [-0.3, -0.25) is 47.9 Å². The number of aromatic hydroxyl groups is 1. The number of phenolic OH excluding ortho intramolecular Hbond substituents is 1. The third-order valence-electron chi connectivity index (χ3n) is 16.3. The maximum Gasteiger partial charge on any atom is 0.246 e. The van der Waals surface area contributed by atoms with Gasteiger partial charge in [-0.1, -0.05) is 36.4 Å². The van der Waals surface area contributed by atoms with E-state index >= 15 is 0 Å². The molecule has 5 aromatic rings. The van der Waals surface area contributed by atoms with Gasteiger partial charge in [0.1, 0.15) is 59.9 Å². The summed E-state index contributed by atoms with van der Waals surface area (Å²) < 4.78 is 58.9. The smallest absolute Gasteiger partial charge is 0.246 e. The van der Waals surface area contributed by atoms with E-state index in [0.29, 0.717) is 77.2 Å². The Morgan fingerprint density at radius 2 is 1.25 bits per heavy atom. The number of H-pyrrole nitrogens is 1. The summed E-state index contributed by atoms with van der Waals surface area (Å²) in [6, 6.07) is 7.63. The Morgan fingerprint density at radius 3 is 1.89 bits per heavy atom. The number of primary amides is 1. The fraction of sp³-hybridized carbons (Fsp3) is 0.438. The van der Waals surface area contributed by atoms with Gasteiger partial charge in [-0.15, -0.1) is 0 Å². The van der Waals surface area contributed by atoms with E-state index in [1.807, 2.05) is 24.3 Å². The first-order valence-electron chi connectivity index (χ1n) is 30.6. The lowest BCUT2D eigenvalue weighted by atomic mass is 10.0. The number of nitrogens with one attached hydrogen (secondary N) is 8. The lowest BCUT2D eigenvalue weighted by molar-refractivity contribution is -0.143. The molecule has 0 spiro atoms. The Morgan fingerprint density at radius 1 is 0.634 bits per heavy atom. The highest BCUT2D eigenvalue weighted by molar-refractivity contribution is 7.98. The fourth-order valence-corrected chi connectivity index (χ4v) is 13.3. The SMILES string of the molecule is C[C@@H]1NC(=O)[C@@H]2CCCN2C(=O)[C@H](Cc2cc(F)c(F)c(F)c2)NC(=O)[C@H](Cc2c[nH]c3ccc(F)cc23)NC(=O)CNC(=O)[C@H](CCCCN)NC(=O)CCSCc2cccc(c2)CSC[C@@H](C(N)=O)NC(=O)[C@@H]2CCCN2C(=O)[C@H](Cc2ccc(O)cc2)NC1=O. The van der Waals surface area contributed by atoms with Crippen LogP contribution in [0.2, 0.25) is 0 Å². The Bertz CT molecular complexity index is 3540. The number of hydrogen-bond acceptors (Lipinski definition) is 14. The summed E-state index contributed by atoms with van der Waals surface area (Å²) in [6.07, 6.45) is 2.12. The Hall–Kier alpha value is -8.70. The molecular formula is C64H76F4N12O11S2. The zero-order chi connectivity index (χ0) is 66.9. The van der Waals surface area contributed by atoms with Crippen molar-refractivity contribution in [1.29, 1.82) is 0 Å². The molecule has 0 aliphatic carbocycles. The van der Waals surface area contributed by atoms with Gasteiger partial charge in [0.05, 0.1) is 6.54 Å². The lowest BCUT2D eigenvalue weighted by Gasteiger charge is -2.31. The maximum absolute atomic E-state index is 15.0. The van der Waals surface area contributed by atoms with Crippen molar-refractivity contribution in [3.63, 3.8) is 0 Å². The number of hydrogen-bond donors (Lipinski definition) is 11. The largest absolute Gasteiger partial charge is 0.508 e. The Labute approximate surface area is 542 Å². The van der Waals surface area contributed by atoms with Crippen LogP contribution in [0.5, 0.6) is 5.75 Å². The third-order valence-corrected chi connectivity index (χ3v) is 18.4. The van der Waals surface area contributed by atoms with Crippen molar-refractivity contribution in [3.8, 4) is 5.75 Å². The second-order valence-corrected chi connectivity index (χ2v) is 25.4. The van der Waals surface area contributed by atoms with Crippen LogP contribution in [0.3, 0.4) is 0 Å². The van der Waals surface area contributed by atoms with Crippen LogP contribution in [-0.2, 0) is 78.7 Å². The molecule has 13 N–H and O–H groups in total. The molecule has 4 aromatic carbocycles. The number of benzene rings is 4. The molecule has 10 amide bonds. The van der Waals surface area contributed by atoms with Crippen LogP contribution in [0.25, 0.3) is 10.9 Å². The Kier molecular flexibility index (Phi) is 25.1. The number of aromatic nitrogens is 1. The standard InChI is InChI=1S/C64H76F4N12O11S2/c1-35-58(85)76-49(26-36-12-15-42(81)16-13-36)63(90)80-21-6-11-53(80)62(89)78-51(57(70)84)34-93-33-38-8-4-7-37(23-38)32-92-22-18-54(82)74-47(9-2-3-19-69)59(86)72-31-55(83)75-48(28-40-30-71-46-17-14-41(65)29-43(40)46)60(87)77-50(27-39-24-44(66)56(68)45(67)25-39)64(91)79-20-5-10-52(79)61(88)73-35/h4,7-8,12-17,23-25,29-30,35,47-53,71,81H,2-3,5-6,9-11,18-22,26-28,31-34,69H2,1H3,(H2,70,84)(H,72,86)(H,73,88)(H,74,82)(H,75,83)(H,76,85)(H,77,87)(H,78,89)/t35-,47-,48-,49-,50-,51-,52-,53-/m0/s1. The first-order valence-corrected chi connectivity index (χ1v) is 32.9. The number of amides is 10. The topological polar surface area (TPSA) is 349 Å². The zero-order valence-electron chi connectivity index (χ0n) is 51.0. The molecule has 8 rings (SSSR count). The van der Waals surface area contributed by atoms with E-state index in [1.165, 1.54) is 84.0 Å². The molecule has 1 aromatic heterocycles. The first-order chi connectivity index (χ1) is 44.5. The number of nitrogens with two attached hydrogens (primary N) is 2. The van der Waals surface area contributed by atoms with E-state index in [2.05, 4.69) is 42.2 Å². The van der Waals surface area contributed by atoms with Gasteiger partial charge in [-0.25, -0.2) is 17.6 Å². The molecule has 3 aliphatic rings. The molecule has 4 heterocycles. The van der Waals surface area contributed by atoms with E-state index < -0.39 is 144 Å². The highest BCUT2D eigenvalue weighted by Crippen LogP contribution is 2.26. The molecule has 498 valence electrons. The predicted molar refractivity (Wildman–Crippen MR) is 339 cm³/mol. The van der Waals surface area contributed by atoms with Crippen LogP contribution in [0, 0.1) is 23.3 Å². The minimum Gasteiger partial charge on any atom is -0.508 e. The number of thioether (sulfide) groups is 2. The lowest BCUT2D eigenvalue weighted by Crippen LogP contribution is -2.60. The number of fused-ring (bicyclic) bond motifs is 5. The number of aromatic amines is 1. The molecule has 8 atom stereocenters. The number of phenols is 1. The summed E-state index contributed by atoms with van der Waals surface area (Å²) in [6.45, 7) is 0.851. The summed E-state index contributed by atoms with van der Waals surface area (Å²) >= 11 is 2.80.